The maximum Gasteiger partial charge on any atom is 0.427 e. The highest BCUT2D eigenvalue weighted by atomic mass is 32.1. The smallest absolute Gasteiger partial charge is 0.269 e. The maximum atomic E-state index is 14.3. The first-order valence-electron chi connectivity index (χ1n) is 8.50. The van der Waals surface area contributed by atoms with E-state index in [4.69, 9.17) is 5.26 Å². The van der Waals surface area contributed by atoms with E-state index in [1.54, 1.807) is 6.07 Å². The number of hydrogen-bond donors (Lipinski definition) is 0. The summed E-state index contributed by atoms with van der Waals surface area (Å²) in [5.41, 5.74) is -0.474. The molecule has 144 valence electrons. The Kier molecular flexibility index (Phi) is 4.27. The molecule has 28 heavy (non-hydrogen) atoms. The van der Waals surface area contributed by atoms with Gasteiger partial charge < -0.3 is 0 Å². The monoisotopic (exact) mass is 407 g/mol. The van der Waals surface area contributed by atoms with Crippen LogP contribution in [0.3, 0.4) is 0 Å². The van der Waals surface area contributed by atoms with Crippen LogP contribution in [0.15, 0.2) is 29.1 Å². The van der Waals surface area contributed by atoms with Crippen molar-refractivity contribution >= 4 is 16.3 Å². The van der Waals surface area contributed by atoms with Crippen molar-refractivity contribution in [2.24, 2.45) is 5.92 Å². The van der Waals surface area contributed by atoms with Crippen molar-refractivity contribution in [1.82, 2.24) is 9.38 Å². The predicted octanol–water partition coefficient (Wildman–Crippen LogP) is 4.50. The normalized spacial score (nSPS) is 19.0. The lowest BCUT2D eigenvalue weighted by molar-refractivity contribution is -0.135. The molecule has 2 unspecified atom stereocenters. The minimum atomic E-state index is -4.57. The Morgan fingerprint density at radius 2 is 2.11 bits per heavy atom. The van der Waals surface area contributed by atoms with Crippen LogP contribution in [0.25, 0.3) is 4.96 Å². The first-order chi connectivity index (χ1) is 13.2. The Morgan fingerprint density at radius 1 is 1.39 bits per heavy atom. The summed E-state index contributed by atoms with van der Waals surface area (Å²) in [7, 11) is 0. The number of hydrogen-bond acceptors (Lipinski definition) is 4. The quantitative estimate of drug-likeness (QED) is 0.601. The van der Waals surface area contributed by atoms with Crippen LogP contribution in [-0.2, 0) is 12.6 Å². The first-order valence-corrected chi connectivity index (χ1v) is 9.32. The molecule has 0 bridgehead atoms. The highest BCUT2D eigenvalue weighted by Gasteiger charge is 2.46. The second-order valence-electron chi connectivity index (χ2n) is 6.90. The van der Waals surface area contributed by atoms with E-state index in [1.807, 2.05) is 6.92 Å². The van der Waals surface area contributed by atoms with Gasteiger partial charge in [0.05, 0.1) is 17.0 Å². The van der Waals surface area contributed by atoms with Gasteiger partial charge in [-0.05, 0) is 24.0 Å². The summed E-state index contributed by atoms with van der Waals surface area (Å²) >= 11 is 0.433. The predicted molar refractivity (Wildman–Crippen MR) is 94.8 cm³/mol. The van der Waals surface area contributed by atoms with E-state index in [0.29, 0.717) is 17.8 Å². The molecule has 4 rings (SSSR count). The Balaban J connectivity index is 1.84. The Hall–Kier alpha value is -2.73. The summed E-state index contributed by atoms with van der Waals surface area (Å²) in [5, 5.41) is 8.92. The van der Waals surface area contributed by atoms with E-state index in [-0.39, 0.29) is 45.7 Å². The molecule has 1 aliphatic rings. The number of nitrogens with zero attached hydrogens (tertiary/aromatic N) is 3. The molecule has 1 aromatic carbocycles. The summed E-state index contributed by atoms with van der Waals surface area (Å²) < 4.78 is 55.8. The molecule has 3 aromatic rings. The Labute approximate surface area is 160 Å². The van der Waals surface area contributed by atoms with E-state index in [0.717, 1.165) is 10.5 Å². The van der Waals surface area contributed by atoms with Gasteiger partial charge in [-0.1, -0.05) is 30.4 Å². The van der Waals surface area contributed by atoms with Gasteiger partial charge in [-0.2, -0.15) is 18.4 Å². The molecule has 1 fully saturated rings. The van der Waals surface area contributed by atoms with Crippen molar-refractivity contribution in [3.05, 3.63) is 67.8 Å². The SMILES string of the molecule is CC1CC1c1c(C(F)(F)F)sc2nc(Cc3cccc(C#N)c3F)cc(=O)n12. The topological polar surface area (TPSA) is 58.2 Å². The van der Waals surface area contributed by atoms with Crippen LogP contribution in [0, 0.1) is 23.1 Å². The van der Waals surface area contributed by atoms with Crippen molar-refractivity contribution in [2.75, 3.05) is 0 Å². The lowest BCUT2D eigenvalue weighted by Gasteiger charge is -2.07. The van der Waals surface area contributed by atoms with Crippen LogP contribution in [0.4, 0.5) is 17.6 Å². The van der Waals surface area contributed by atoms with Gasteiger partial charge in [0.25, 0.3) is 5.56 Å². The lowest BCUT2D eigenvalue weighted by Crippen LogP contribution is -2.18. The molecule has 2 atom stereocenters. The van der Waals surface area contributed by atoms with Crippen LogP contribution >= 0.6 is 11.3 Å². The van der Waals surface area contributed by atoms with Crippen LogP contribution in [-0.4, -0.2) is 9.38 Å². The second kappa shape index (κ2) is 6.41. The number of alkyl halides is 3. The zero-order valence-electron chi connectivity index (χ0n) is 14.5. The largest absolute Gasteiger partial charge is 0.427 e. The fourth-order valence-corrected chi connectivity index (χ4v) is 4.46. The summed E-state index contributed by atoms with van der Waals surface area (Å²) in [6.45, 7) is 1.84. The summed E-state index contributed by atoms with van der Waals surface area (Å²) in [6, 6.07) is 7.14. The van der Waals surface area contributed by atoms with Crippen LogP contribution in [0.5, 0.6) is 0 Å². The van der Waals surface area contributed by atoms with E-state index < -0.39 is 22.4 Å². The minimum Gasteiger partial charge on any atom is -0.269 e. The van der Waals surface area contributed by atoms with E-state index in [1.165, 1.54) is 18.2 Å². The van der Waals surface area contributed by atoms with Gasteiger partial charge in [-0.3, -0.25) is 9.20 Å². The Morgan fingerprint density at radius 3 is 2.71 bits per heavy atom. The number of benzene rings is 1. The zero-order valence-corrected chi connectivity index (χ0v) is 15.4. The highest BCUT2D eigenvalue weighted by molar-refractivity contribution is 7.17. The van der Waals surface area contributed by atoms with E-state index in [9.17, 15) is 22.4 Å². The van der Waals surface area contributed by atoms with Crippen LogP contribution in [0.1, 0.15) is 46.7 Å². The number of thiazole rings is 1. The zero-order chi connectivity index (χ0) is 20.2. The summed E-state index contributed by atoms with van der Waals surface area (Å²) in [5.74, 6) is -0.963. The van der Waals surface area contributed by atoms with Crippen LogP contribution in [0.2, 0.25) is 0 Å². The van der Waals surface area contributed by atoms with Crippen molar-refractivity contribution < 1.29 is 17.6 Å². The molecule has 0 saturated heterocycles. The molecule has 0 aliphatic heterocycles. The van der Waals surface area contributed by atoms with Crippen molar-refractivity contribution in [1.29, 1.82) is 5.26 Å². The summed E-state index contributed by atoms with van der Waals surface area (Å²) in [4.78, 5) is 15.9. The molecule has 2 aromatic heterocycles. The fourth-order valence-electron chi connectivity index (χ4n) is 3.37. The number of rotatable bonds is 3. The number of fused-ring (bicyclic) bond motifs is 1. The lowest BCUT2D eigenvalue weighted by atomic mass is 10.1. The number of aromatic nitrogens is 2. The molecule has 0 spiro atoms. The molecule has 0 amide bonds. The van der Waals surface area contributed by atoms with Gasteiger partial charge in [0.1, 0.15) is 16.8 Å². The van der Waals surface area contributed by atoms with Gasteiger partial charge in [-0.25, -0.2) is 9.37 Å². The molecular weight excluding hydrogens is 394 g/mol. The number of nitriles is 1. The number of halogens is 4. The fraction of sp³-hybridized carbons (Fsp3) is 0.316. The van der Waals surface area contributed by atoms with Crippen LogP contribution < -0.4 is 5.56 Å². The average molecular weight is 407 g/mol. The molecule has 9 heteroatoms. The van der Waals surface area contributed by atoms with Gasteiger partial charge >= 0.3 is 6.18 Å². The van der Waals surface area contributed by atoms with E-state index >= 15 is 0 Å². The highest BCUT2D eigenvalue weighted by Crippen LogP contribution is 2.52. The molecule has 4 nitrogen and oxygen atoms in total. The molecular formula is C19H13F4N3OS. The second-order valence-corrected chi connectivity index (χ2v) is 7.88. The molecule has 1 aliphatic carbocycles. The van der Waals surface area contributed by atoms with Crippen molar-refractivity contribution in [3.63, 3.8) is 0 Å². The van der Waals surface area contributed by atoms with Crippen molar-refractivity contribution in [2.45, 2.75) is 31.9 Å². The van der Waals surface area contributed by atoms with E-state index in [2.05, 4.69) is 4.98 Å². The van der Waals surface area contributed by atoms with Gasteiger partial charge in [0.2, 0.25) is 0 Å². The molecule has 0 N–H and O–H groups in total. The molecule has 1 saturated carbocycles. The Bertz CT molecular complexity index is 1190. The average Bonchev–Trinajstić information content (AvgIpc) is 3.19. The third-order valence-corrected chi connectivity index (χ3v) is 6.00. The van der Waals surface area contributed by atoms with Crippen molar-refractivity contribution in [3.8, 4) is 6.07 Å². The molecule has 0 radical (unpaired) electrons. The van der Waals surface area contributed by atoms with Gasteiger partial charge in [-0.15, -0.1) is 0 Å². The molecule has 2 heterocycles. The van der Waals surface area contributed by atoms with Gasteiger partial charge in [0, 0.05) is 18.4 Å². The van der Waals surface area contributed by atoms with Gasteiger partial charge in [0.15, 0.2) is 4.96 Å². The standard InChI is InChI=1S/C19H13F4N3OS/c1-9-5-13(9)16-17(19(21,22)23)28-18-25-12(7-14(27)26(16)18)6-10-3-2-4-11(8-24)15(10)20/h2-4,7,9,13H,5-6H2,1H3. The summed E-state index contributed by atoms with van der Waals surface area (Å²) in [6.07, 6.45) is -4.08. The third kappa shape index (κ3) is 3.07. The third-order valence-electron chi connectivity index (χ3n) is 4.90. The minimum absolute atomic E-state index is 0.0262. The first kappa shape index (κ1) is 18.6. The maximum absolute atomic E-state index is 14.3.